The molecule has 0 saturated heterocycles. The number of ether oxygens (including phenoxy) is 1. The maximum absolute atomic E-state index is 11.4. The molecular formula is C13H18O2S. The molecule has 1 aromatic heterocycles. The summed E-state index contributed by atoms with van der Waals surface area (Å²) in [6, 6.07) is 4.30. The Kier molecular flexibility index (Phi) is 3.99. The quantitative estimate of drug-likeness (QED) is 0.752. The first-order valence-corrected chi connectivity index (χ1v) is 6.79. The van der Waals surface area contributed by atoms with E-state index in [0.717, 1.165) is 6.42 Å². The Morgan fingerprint density at radius 3 is 3.00 bits per heavy atom. The molecule has 1 aromatic rings. The highest BCUT2D eigenvalue weighted by Gasteiger charge is 2.29. The molecule has 2 unspecified atom stereocenters. The summed E-state index contributed by atoms with van der Waals surface area (Å²) in [6.45, 7) is 0. The minimum atomic E-state index is -0.0616. The van der Waals surface area contributed by atoms with Gasteiger partial charge in [-0.1, -0.05) is 18.9 Å². The Bertz CT molecular complexity index is 332. The van der Waals surface area contributed by atoms with Gasteiger partial charge in [0.05, 0.1) is 7.11 Å². The summed E-state index contributed by atoms with van der Waals surface area (Å²) < 4.78 is 4.78. The number of esters is 1. The predicted octanol–water partition coefficient (Wildman–Crippen LogP) is 3.59. The largest absolute Gasteiger partial charge is 0.469 e. The van der Waals surface area contributed by atoms with Crippen molar-refractivity contribution in [1.29, 1.82) is 0 Å². The van der Waals surface area contributed by atoms with Crippen LogP contribution >= 0.6 is 11.3 Å². The normalized spacial score (nSPS) is 25.3. The first kappa shape index (κ1) is 11.6. The maximum atomic E-state index is 11.4. The zero-order valence-corrected chi connectivity index (χ0v) is 10.5. The van der Waals surface area contributed by atoms with Gasteiger partial charge >= 0.3 is 5.97 Å². The summed E-state index contributed by atoms with van der Waals surface area (Å²) >= 11 is 1.82. The van der Waals surface area contributed by atoms with E-state index in [9.17, 15) is 4.79 Å². The number of hydrogen-bond donors (Lipinski definition) is 0. The van der Waals surface area contributed by atoms with Gasteiger partial charge in [0.25, 0.3) is 0 Å². The lowest BCUT2D eigenvalue weighted by Gasteiger charge is -2.30. The smallest absolute Gasteiger partial charge is 0.305 e. The topological polar surface area (TPSA) is 26.3 Å². The van der Waals surface area contributed by atoms with Crippen LogP contribution in [-0.2, 0) is 9.53 Å². The van der Waals surface area contributed by atoms with Crippen LogP contribution in [0.5, 0.6) is 0 Å². The first-order valence-electron chi connectivity index (χ1n) is 5.91. The van der Waals surface area contributed by atoms with E-state index in [-0.39, 0.29) is 5.97 Å². The molecule has 1 aliphatic rings. The Morgan fingerprint density at radius 2 is 2.31 bits per heavy atom. The van der Waals surface area contributed by atoms with Gasteiger partial charge in [0, 0.05) is 11.3 Å². The van der Waals surface area contributed by atoms with Crippen LogP contribution in [0.4, 0.5) is 0 Å². The minimum Gasteiger partial charge on any atom is -0.469 e. The second-order valence-electron chi connectivity index (χ2n) is 4.45. The van der Waals surface area contributed by atoms with Gasteiger partial charge in [0.1, 0.15) is 0 Å². The van der Waals surface area contributed by atoms with Gasteiger partial charge in [0.2, 0.25) is 0 Å². The third kappa shape index (κ3) is 2.64. The van der Waals surface area contributed by atoms with Crippen LogP contribution in [0, 0.1) is 5.92 Å². The predicted molar refractivity (Wildman–Crippen MR) is 65.7 cm³/mol. The van der Waals surface area contributed by atoms with E-state index in [1.165, 1.54) is 31.2 Å². The third-order valence-corrected chi connectivity index (χ3v) is 4.48. The fourth-order valence-corrected chi connectivity index (χ4v) is 3.58. The van der Waals surface area contributed by atoms with Crippen molar-refractivity contribution in [2.24, 2.45) is 5.92 Å². The summed E-state index contributed by atoms with van der Waals surface area (Å²) in [5, 5.41) is 2.12. The van der Waals surface area contributed by atoms with Crippen molar-refractivity contribution in [3.05, 3.63) is 22.4 Å². The lowest BCUT2D eigenvalue weighted by molar-refractivity contribution is -0.142. The fourth-order valence-electron chi connectivity index (χ4n) is 2.63. The summed E-state index contributed by atoms with van der Waals surface area (Å²) in [4.78, 5) is 12.8. The lowest BCUT2D eigenvalue weighted by Crippen LogP contribution is -2.20. The lowest BCUT2D eigenvalue weighted by atomic mass is 9.77. The van der Waals surface area contributed by atoms with Crippen LogP contribution in [0.3, 0.4) is 0 Å². The molecule has 0 aliphatic heterocycles. The standard InChI is InChI=1S/C13H18O2S/c1-15-13(14)9-10-5-2-3-6-11(10)12-7-4-8-16-12/h4,7-8,10-11H,2-3,5-6,9H2,1H3. The Hall–Kier alpha value is -0.830. The maximum Gasteiger partial charge on any atom is 0.305 e. The van der Waals surface area contributed by atoms with Gasteiger partial charge in [0.15, 0.2) is 0 Å². The number of carbonyl (C=O) groups is 1. The SMILES string of the molecule is COC(=O)CC1CCCCC1c1cccs1. The van der Waals surface area contributed by atoms with E-state index < -0.39 is 0 Å². The van der Waals surface area contributed by atoms with Crippen molar-refractivity contribution in [3.63, 3.8) is 0 Å². The van der Waals surface area contributed by atoms with Crippen LogP contribution in [0.25, 0.3) is 0 Å². The molecule has 2 atom stereocenters. The molecule has 1 aliphatic carbocycles. The van der Waals surface area contributed by atoms with E-state index >= 15 is 0 Å². The minimum absolute atomic E-state index is 0.0616. The van der Waals surface area contributed by atoms with Crippen molar-refractivity contribution < 1.29 is 9.53 Å². The highest BCUT2D eigenvalue weighted by Crippen LogP contribution is 2.41. The molecule has 0 spiro atoms. The van der Waals surface area contributed by atoms with E-state index in [1.807, 2.05) is 11.3 Å². The van der Waals surface area contributed by atoms with E-state index in [2.05, 4.69) is 17.5 Å². The second-order valence-corrected chi connectivity index (χ2v) is 5.43. The first-order chi connectivity index (χ1) is 7.81. The molecule has 0 aromatic carbocycles. The van der Waals surface area contributed by atoms with Crippen molar-refractivity contribution >= 4 is 17.3 Å². The van der Waals surface area contributed by atoms with Crippen molar-refractivity contribution in [2.75, 3.05) is 7.11 Å². The van der Waals surface area contributed by atoms with E-state index in [0.29, 0.717) is 18.3 Å². The summed E-state index contributed by atoms with van der Waals surface area (Å²) in [5.41, 5.74) is 0. The molecular weight excluding hydrogens is 220 g/mol. The third-order valence-electron chi connectivity index (χ3n) is 3.47. The zero-order chi connectivity index (χ0) is 11.4. The molecule has 0 N–H and O–H groups in total. The Morgan fingerprint density at radius 1 is 1.50 bits per heavy atom. The molecule has 0 amide bonds. The van der Waals surface area contributed by atoms with E-state index in [1.54, 1.807) is 0 Å². The molecule has 16 heavy (non-hydrogen) atoms. The molecule has 1 saturated carbocycles. The van der Waals surface area contributed by atoms with Gasteiger partial charge in [-0.05, 0) is 36.1 Å². The highest BCUT2D eigenvalue weighted by atomic mass is 32.1. The molecule has 0 bridgehead atoms. The fraction of sp³-hybridized carbons (Fsp3) is 0.615. The van der Waals surface area contributed by atoms with Crippen molar-refractivity contribution in [2.45, 2.75) is 38.0 Å². The van der Waals surface area contributed by atoms with Crippen molar-refractivity contribution in [3.8, 4) is 0 Å². The average Bonchev–Trinajstić information content (AvgIpc) is 2.83. The van der Waals surface area contributed by atoms with Gasteiger partial charge in [-0.3, -0.25) is 4.79 Å². The molecule has 1 heterocycles. The van der Waals surface area contributed by atoms with Gasteiger partial charge < -0.3 is 4.74 Å². The van der Waals surface area contributed by atoms with Gasteiger partial charge in [-0.2, -0.15) is 0 Å². The van der Waals surface area contributed by atoms with E-state index in [4.69, 9.17) is 4.74 Å². The zero-order valence-electron chi connectivity index (χ0n) is 9.65. The highest BCUT2D eigenvalue weighted by molar-refractivity contribution is 7.10. The molecule has 3 heteroatoms. The van der Waals surface area contributed by atoms with Gasteiger partial charge in [-0.25, -0.2) is 0 Å². The molecule has 88 valence electrons. The van der Waals surface area contributed by atoms with Crippen LogP contribution < -0.4 is 0 Å². The number of methoxy groups -OCH3 is 1. The average molecular weight is 238 g/mol. The summed E-state index contributed by atoms with van der Waals surface area (Å²) in [7, 11) is 1.48. The van der Waals surface area contributed by atoms with Crippen LogP contribution in [0.15, 0.2) is 17.5 Å². The molecule has 1 fully saturated rings. The number of rotatable bonds is 3. The molecule has 2 rings (SSSR count). The summed E-state index contributed by atoms with van der Waals surface area (Å²) in [5.74, 6) is 1.00. The monoisotopic (exact) mass is 238 g/mol. The Labute approximate surface area is 101 Å². The van der Waals surface area contributed by atoms with Crippen LogP contribution in [0.1, 0.15) is 42.9 Å². The number of carbonyl (C=O) groups excluding carboxylic acids is 1. The number of hydrogen-bond acceptors (Lipinski definition) is 3. The van der Waals surface area contributed by atoms with Crippen molar-refractivity contribution in [1.82, 2.24) is 0 Å². The van der Waals surface area contributed by atoms with Gasteiger partial charge in [-0.15, -0.1) is 11.3 Å². The van der Waals surface area contributed by atoms with Crippen LogP contribution in [0.2, 0.25) is 0 Å². The Balaban J connectivity index is 2.05. The number of thiophene rings is 1. The molecule has 2 nitrogen and oxygen atoms in total. The second kappa shape index (κ2) is 5.48. The molecule has 0 radical (unpaired) electrons. The van der Waals surface area contributed by atoms with Crippen LogP contribution in [-0.4, -0.2) is 13.1 Å². The summed E-state index contributed by atoms with van der Waals surface area (Å²) in [6.07, 6.45) is 5.52.